The zero-order valence-electron chi connectivity index (χ0n) is 12.0. The Morgan fingerprint density at radius 1 is 0.905 bits per heavy atom. The van der Waals surface area contributed by atoms with E-state index >= 15 is 0 Å². The van der Waals surface area contributed by atoms with E-state index in [0.717, 1.165) is 44.0 Å². The van der Waals surface area contributed by atoms with Crippen LogP contribution in [0.5, 0.6) is 0 Å². The summed E-state index contributed by atoms with van der Waals surface area (Å²) >= 11 is 0. The molecule has 21 heavy (non-hydrogen) atoms. The first-order valence-electron chi connectivity index (χ1n) is 7.32. The summed E-state index contributed by atoms with van der Waals surface area (Å²) in [5.74, 6) is 0.0773. The lowest BCUT2D eigenvalue weighted by Crippen LogP contribution is -2.35. The lowest BCUT2D eigenvalue weighted by atomic mass is 10.0. The van der Waals surface area contributed by atoms with Crippen molar-refractivity contribution in [3.8, 4) is 0 Å². The van der Waals surface area contributed by atoms with Crippen molar-refractivity contribution in [3.05, 3.63) is 71.3 Å². The van der Waals surface area contributed by atoms with E-state index in [1.807, 2.05) is 54.6 Å². The average molecular weight is 281 g/mol. The molecule has 2 aromatic rings. The van der Waals surface area contributed by atoms with Gasteiger partial charge in [0.25, 0.3) is 0 Å². The Balaban J connectivity index is 1.67. The molecule has 0 bridgehead atoms. The number of rotatable bonds is 4. The van der Waals surface area contributed by atoms with Crippen molar-refractivity contribution in [2.45, 2.75) is 6.54 Å². The van der Waals surface area contributed by atoms with E-state index in [1.54, 1.807) is 0 Å². The first-order valence-corrected chi connectivity index (χ1v) is 7.32. The van der Waals surface area contributed by atoms with Crippen LogP contribution in [0.1, 0.15) is 21.5 Å². The van der Waals surface area contributed by atoms with Crippen LogP contribution in [0, 0.1) is 0 Å². The van der Waals surface area contributed by atoms with Gasteiger partial charge in [0.15, 0.2) is 5.78 Å². The van der Waals surface area contributed by atoms with E-state index in [9.17, 15) is 4.79 Å². The van der Waals surface area contributed by atoms with Crippen LogP contribution in [-0.2, 0) is 11.3 Å². The Morgan fingerprint density at radius 3 is 2.19 bits per heavy atom. The van der Waals surface area contributed by atoms with Crippen LogP contribution in [0.15, 0.2) is 54.6 Å². The highest BCUT2D eigenvalue weighted by molar-refractivity contribution is 6.08. The predicted octanol–water partition coefficient (Wildman–Crippen LogP) is 2.75. The maximum Gasteiger partial charge on any atom is 0.193 e. The molecule has 0 spiro atoms. The molecule has 3 heteroatoms. The monoisotopic (exact) mass is 281 g/mol. The fraction of sp³-hybridized carbons (Fsp3) is 0.278. The Hall–Kier alpha value is -1.97. The van der Waals surface area contributed by atoms with Gasteiger partial charge in [0, 0.05) is 30.8 Å². The summed E-state index contributed by atoms with van der Waals surface area (Å²) in [6, 6.07) is 17.3. The van der Waals surface area contributed by atoms with Crippen LogP contribution in [0.25, 0.3) is 0 Å². The fourth-order valence-corrected chi connectivity index (χ4v) is 2.54. The average Bonchev–Trinajstić information content (AvgIpc) is 2.57. The zero-order chi connectivity index (χ0) is 14.5. The second kappa shape index (κ2) is 6.66. The lowest BCUT2D eigenvalue weighted by Gasteiger charge is -2.26. The second-order valence-electron chi connectivity index (χ2n) is 5.28. The molecule has 0 unspecified atom stereocenters. The largest absolute Gasteiger partial charge is 0.379 e. The van der Waals surface area contributed by atoms with Crippen molar-refractivity contribution in [2.24, 2.45) is 0 Å². The Morgan fingerprint density at radius 2 is 1.52 bits per heavy atom. The van der Waals surface area contributed by atoms with Crippen molar-refractivity contribution in [1.29, 1.82) is 0 Å². The normalized spacial score (nSPS) is 15.8. The van der Waals surface area contributed by atoms with E-state index in [0.29, 0.717) is 0 Å². The minimum Gasteiger partial charge on any atom is -0.379 e. The highest BCUT2D eigenvalue weighted by Gasteiger charge is 2.12. The van der Waals surface area contributed by atoms with Crippen LogP contribution in [0.3, 0.4) is 0 Å². The molecule has 0 radical (unpaired) electrons. The van der Waals surface area contributed by atoms with E-state index in [2.05, 4.69) is 4.90 Å². The van der Waals surface area contributed by atoms with Gasteiger partial charge in [-0.2, -0.15) is 0 Å². The Labute approximate surface area is 125 Å². The van der Waals surface area contributed by atoms with Gasteiger partial charge in [-0.15, -0.1) is 0 Å². The van der Waals surface area contributed by atoms with Crippen LogP contribution in [0.4, 0.5) is 0 Å². The third-order valence-corrected chi connectivity index (χ3v) is 3.76. The molecule has 0 aliphatic carbocycles. The first kappa shape index (κ1) is 14.0. The number of carbonyl (C=O) groups is 1. The Kier molecular flexibility index (Phi) is 4.43. The standard InChI is InChI=1S/C18H19NO2/c20-18(16-4-2-1-3-5-16)17-8-6-15(7-9-17)14-19-10-12-21-13-11-19/h1-9H,10-14H2. The van der Waals surface area contributed by atoms with Crippen LogP contribution in [-0.4, -0.2) is 37.0 Å². The third-order valence-electron chi connectivity index (χ3n) is 3.76. The van der Waals surface area contributed by atoms with Crippen molar-refractivity contribution < 1.29 is 9.53 Å². The van der Waals surface area contributed by atoms with Gasteiger partial charge in [-0.3, -0.25) is 9.69 Å². The summed E-state index contributed by atoms with van der Waals surface area (Å²) in [5.41, 5.74) is 2.71. The van der Waals surface area contributed by atoms with Crippen LogP contribution >= 0.6 is 0 Å². The molecule has 1 heterocycles. The summed E-state index contributed by atoms with van der Waals surface area (Å²) in [6.07, 6.45) is 0. The SMILES string of the molecule is O=C(c1ccccc1)c1ccc(CN2CCOCC2)cc1. The van der Waals surface area contributed by atoms with Crippen molar-refractivity contribution in [1.82, 2.24) is 4.90 Å². The molecular formula is C18H19NO2. The van der Waals surface area contributed by atoms with E-state index in [4.69, 9.17) is 4.74 Å². The molecule has 0 N–H and O–H groups in total. The van der Waals surface area contributed by atoms with E-state index in [1.165, 1.54) is 5.56 Å². The third kappa shape index (κ3) is 3.57. The minimum atomic E-state index is 0.0773. The summed E-state index contributed by atoms with van der Waals surface area (Å²) in [7, 11) is 0. The van der Waals surface area contributed by atoms with Gasteiger partial charge < -0.3 is 4.74 Å². The second-order valence-corrected chi connectivity index (χ2v) is 5.28. The number of carbonyl (C=O) groups excluding carboxylic acids is 1. The smallest absolute Gasteiger partial charge is 0.193 e. The molecular weight excluding hydrogens is 262 g/mol. The highest BCUT2D eigenvalue weighted by Crippen LogP contribution is 2.13. The van der Waals surface area contributed by atoms with Gasteiger partial charge >= 0.3 is 0 Å². The highest BCUT2D eigenvalue weighted by atomic mass is 16.5. The molecule has 0 aromatic heterocycles. The molecule has 3 nitrogen and oxygen atoms in total. The van der Waals surface area contributed by atoms with Gasteiger partial charge in [-0.1, -0.05) is 54.6 Å². The van der Waals surface area contributed by atoms with Gasteiger partial charge in [0.1, 0.15) is 0 Å². The van der Waals surface area contributed by atoms with Crippen molar-refractivity contribution in [2.75, 3.05) is 26.3 Å². The Bertz CT molecular complexity index is 586. The number of ether oxygens (including phenoxy) is 1. The maximum absolute atomic E-state index is 12.3. The van der Waals surface area contributed by atoms with Crippen LogP contribution in [0.2, 0.25) is 0 Å². The van der Waals surface area contributed by atoms with Gasteiger partial charge in [-0.05, 0) is 5.56 Å². The summed E-state index contributed by atoms with van der Waals surface area (Å²) in [6.45, 7) is 4.49. The molecule has 1 aliphatic heterocycles. The van der Waals surface area contributed by atoms with Crippen molar-refractivity contribution >= 4 is 5.78 Å². The fourth-order valence-electron chi connectivity index (χ4n) is 2.54. The number of benzene rings is 2. The molecule has 108 valence electrons. The van der Waals surface area contributed by atoms with Crippen LogP contribution < -0.4 is 0 Å². The van der Waals surface area contributed by atoms with Gasteiger partial charge in [0.05, 0.1) is 13.2 Å². The van der Waals surface area contributed by atoms with E-state index in [-0.39, 0.29) is 5.78 Å². The molecule has 0 atom stereocenters. The number of ketones is 1. The predicted molar refractivity (Wildman–Crippen MR) is 82.4 cm³/mol. The van der Waals surface area contributed by atoms with Gasteiger partial charge in [0.2, 0.25) is 0 Å². The number of hydrogen-bond donors (Lipinski definition) is 0. The number of morpholine rings is 1. The molecule has 3 rings (SSSR count). The van der Waals surface area contributed by atoms with Gasteiger partial charge in [-0.25, -0.2) is 0 Å². The number of hydrogen-bond acceptors (Lipinski definition) is 3. The molecule has 0 amide bonds. The lowest BCUT2D eigenvalue weighted by molar-refractivity contribution is 0.0342. The molecule has 0 saturated carbocycles. The quantitative estimate of drug-likeness (QED) is 0.807. The maximum atomic E-state index is 12.3. The summed E-state index contributed by atoms with van der Waals surface area (Å²) in [4.78, 5) is 14.7. The molecule has 1 saturated heterocycles. The minimum absolute atomic E-state index is 0.0773. The summed E-state index contributed by atoms with van der Waals surface area (Å²) < 4.78 is 5.35. The number of nitrogens with zero attached hydrogens (tertiary/aromatic N) is 1. The zero-order valence-corrected chi connectivity index (χ0v) is 12.0. The van der Waals surface area contributed by atoms with E-state index < -0.39 is 0 Å². The van der Waals surface area contributed by atoms with Crippen molar-refractivity contribution in [3.63, 3.8) is 0 Å². The first-order chi connectivity index (χ1) is 10.3. The molecule has 1 fully saturated rings. The molecule has 1 aliphatic rings. The summed E-state index contributed by atoms with van der Waals surface area (Å²) in [5, 5.41) is 0. The molecule has 2 aromatic carbocycles. The topological polar surface area (TPSA) is 29.5 Å².